The van der Waals surface area contributed by atoms with E-state index >= 15 is 0 Å². The van der Waals surface area contributed by atoms with Crippen molar-refractivity contribution in [3.8, 4) is 0 Å². The standard InChI is InChI=1S/C11H18N2OS/c1-13-4-2-9(8-13)6-11-12-7-10(15-11)3-5-14/h7,9,14H,2-6,8H2,1H3. The number of aliphatic hydroxyl groups is 1. The SMILES string of the molecule is CN1CCC(Cc2ncc(CCO)s2)C1. The van der Waals surface area contributed by atoms with Crippen LogP contribution < -0.4 is 0 Å². The molecule has 0 bridgehead atoms. The Balaban J connectivity index is 1.87. The maximum absolute atomic E-state index is 8.82. The molecule has 0 aliphatic carbocycles. The fourth-order valence-electron chi connectivity index (χ4n) is 2.11. The molecule has 1 aliphatic rings. The van der Waals surface area contributed by atoms with Crippen LogP contribution >= 0.6 is 11.3 Å². The summed E-state index contributed by atoms with van der Waals surface area (Å²) in [6, 6.07) is 0. The van der Waals surface area contributed by atoms with Crippen molar-refractivity contribution in [3.05, 3.63) is 16.1 Å². The van der Waals surface area contributed by atoms with Crippen LogP contribution in [0.15, 0.2) is 6.20 Å². The van der Waals surface area contributed by atoms with Gasteiger partial charge in [-0.2, -0.15) is 0 Å². The Morgan fingerprint density at radius 2 is 2.53 bits per heavy atom. The molecule has 1 fully saturated rings. The Labute approximate surface area is 94.8 Å². The lowest BCUT2D eigenvalue weighted by Crippen LogP contribution is -2.14. The smallest absolute Gasteiger partial charge is 0.0930 e. The average molecular weight is 226 g/mol. The van der Waals surface area contributed by atoms with Gasteiger partial charge in [-0.05, 0) is 25.9 Å². The van der Waals surface area contributed by atoms with Crippen molar-refractivity contribution in [1.29, 1.82) is 0 Å². The molecule has 1 aromatic rings. The number of hydrogen-bond donors (Lipinski definition) is 1. The lowest BCUT2D eigenvalue weighted by molar-refractivity contribution is 0.300. The number of aliphatic hydroxyl groups excluding tert-OH is 1. The molecule has 0 radical (unpaired) electrons. The van der Waals surface area contributed by atoms with Crippen LogP contribution in [0.5, 0.6) is 0 Å². The second-order valence-electron chi connectivity index (χ2n) is 4.31. The van der Waals surface area contributed by atoms with E-state index in [0.29, 0.717) is 0 Å². The van der Waals surface area contributed by atoms with E-state index in [9.17, 15) is 0 Å². The summed E-state index contributed by atoms with van der Waals surface area (Å²) in [5.41, 5.74) is 0. The highest BCUT2D eigenvalue weighted by Gasteiger charge is 2.20. The van der Waals surface area contributed by atoms with Gasteiger partial charge in [0.15, 0.2) is 0 Å². The highest BCUT2D eigenvalue weighted by atomic mass is 32.1. The van der Waals surface area contributed by atoms with E-state index in [1.165, 1.54) is 29.4 Å². The highest BCUT2D eigenvalue weighted by Crippen LogP contribution is 2.22. The van der Waals surface area contributed by atoms with Gasteiger partial charge < -0.3 is 10.0 Å². The fourth-order valence-corrected chi connectivity index (χ4v) is 3.13. The third-order valence-corrected chi connectivity index (χ3v) is 3.99. The molecule has 0 aromatic carbocycles. The molecular formula is C11H18N2OS. The summed E-state index contributed by atoms with van der Waals surface area (Å²) >= 11 is 1.76. The van der Waals surface area contributed by atoms with Gasteiger partial charge in [-0.1, -0.05) is 0 Å². The van der Waals surface area contributed by atoms with Crippen LogP contribution in [0, 0.1) is 5.92 Å². The van der Waals surface area contributed by atoms with Crippen LogP contribution in [0.1, 0.15) is 16.3 Å². The summed E-state index contributed by atoms with van der Waals surface area (Å²) in [6.45, 7) is 2.66. The quantitative estimate of drug-likeness (QED) is 0.837. The number of aromatic nitrogens is 1. The van der Waals surface area contributed by atoms with Crippen LogP contribution in [-0.4, -0.2) is 41.7 Å². The van der Waals surface area contributed by atoms with Gasteiger partial charge in [0.1, 0.15) is 0 Å². The van der Waals surface area contributed by atoms with E-state index in [4.69, 9.17) is 5.11 Å². The van der Waals surface area contributed by atoms with Crippen molar-refractivity contribution < 1.29 is 5.11 Å². The lowest BCUT2D eigenvalue weighted by Gasteiger charge is -2.07. The van der Waals surface area contributed by atoms with E-state index in [0.717, 1.165) is 18.8 Å². The van der Waals surface area contributed by atoms with E-state index in [-0.39, 0.29) is 6.61 Å². The van der Waals surface area contributed by atoms with Crippen molar-refractivity contribution in [2.24, 2.45) is 5.92 Å². The molecule has 1 aromatic heterocycles. The molecule has 2 rings (SSSR count). The van der Waals surface area contributed by atoms with Gasteiger partial charge >= 0.3 is 0 Å². The molecular weight excluding hydrogens is 208 g/mol. The zero-order valence-electron chi connectivity index (χ0n) is 9.15. The van der Waals surface area contributed by atoms with Gasteiger partial charge in [0.05, 0.1) is 5.01 Å². The summed E-state index contributed by atoms with van der Waals surface area (Å²) in [6.07, 6.45) is 5.07. The first kappa shape index (κ1) is 11.0. The third kappa shape index (κ3) is 3.00. The Bertz CT molecular complexity index is 313. The van der Waals surface area contributed by atoms with Crippen molar-refractivity contribution in [2.75, 3.05) is 26.7 Å². The second kappa shape index (κ2) is 5.05. The molecule has 2 heterocycles. The third-order valence-electron chi connectivity index (χ3n) is 2.91. The number of likely N-dealkylation sites (tertiary alicyclic amines) is 1. The molecule has 1 N–H and O–H groups in total. The van der Waals surface area contributed by atoms with Crippen LogP contribution in [0.4, 0.5) is 0 Å². The summed E-state index contributed by atoms with van der Waals surface area (Å²) in [5.74, 6) is 0.781. The zero-order chi connectivity index (χ0) is 10.7. The summed E-state index contributed by atoms with van der Waals surface area (Å²) in [7, 11) is 2.18. The topological polar surface area (TPSA) is 36.4 Å². The second-order valence-corrected chi connectivity index (χ2v) is 5.51. The van der Waals surface area contributed by atoms with Crippen molar-refractivity contribution in [1.82, 2.24) is 9.88 Å². The summed E-state index contributed by atoms with van der Waals surface area (Å²) in [4.78, 5) is 8.00. The molecule has 1 unspecified atom stereocenters. The molecule has 0 spiro atoms. The van der Waals surface area contributed by atoms with E-state index in [1.807, 2.05) is 6.20 Å². The van der Waals surface area contributed by atoms with E-state index in [2.05, 4.69) is 16.9 Å². The maximum Gasteiger partial charge on any atom is 0.0930 e. The van der Waals surface area contributed by atoms with Crippen LogP contribution in [0.2, 0.25) is 0 Å². The minimum Gasteiger partial charge on any atom is -0.396 e. The Morgan fingerprint density at radius 1 is 1.67 bits per heavy atom. The number of nitrogens with zero attached hydrogens (tertiary/aromatic N) is 2. The lowest BCUT2D eigenvalue weighted by atomic mass is 10.1. The zero-order valence-corrected chi connectivity index (χ0v) is 9.96. The average Bonchev–Trinajstić information content (AvgIpc) is 2.78. The van der Waals surface area contributed by atoms with Crippen molar-refractivity contribution in [2.45, 2.75) is 19.3 Å². The highest BCUT2D eigenvalue weighted by molar-refractivity contribution is 7.11. The number of rotatable bonds is 4. The van der Waals surface area contributed by atoms with Gasteiger partial charge in [0.2, 0.25) is 0 Å². The van der Waals surface area contributed by atoms with Crippen LogP contribution in [0.25, 0.3) is 0 Å². The predicted molar refractivity (Wildman–Crippen MR) is 62.2 cm³/mol. The molecule has 4 heteroatoms. The van der Waals surface area contributed by atoms with Crippen molar-refractivity contribution in [3.63, 3.8) is 0 Å². The molecule has 0 saturated carbocycles. The van der Waals surface area contributed by atoms with Crippen LogP contribution in [-0.2, 0) is 12.8 Å². The molecule has 1 aliphatic heterocycles. The Kier molecular flexibility index (Phi) is 3.72. The van der Waals surface area contributed by atoms with Crippen molar-refractivity contribution >= 4 is 11.3 Å². The first-order valence-corrected chi connectivity index (χ1v) is 6.32. The van der Waals surface area contributed by atoms with Crippen LogP contribution in [0.3, 0.4) is 0 Å². The van der Waals surface area contributed by atoms with Gasteiger partial charge in [-0.25, -0.2) is 4.98 Å². The van der Waals surface area contributed by atoms with Gasteiger partial charge in [0.25, 0.3) is 0 Å². The molecule has 1 atom stereocenters. The molecule has 15 heavy (non-hydrogen) atoms. The minimum atomic E-state index is 0.230. The molecule has 3 nitrogen and oxygen atoms in total. The predicted octanol–water partition coefficient (Wildman–Crippen LogP) is 1.17. The monoisotopic (exact) mass is 226 g/mol. The molecule has 84 valence electrons. The number of thiazole rings is 1. The Hall–Kier alpha value is -0.450. The van der Waals surface area contributed by atoms with Gasteiger partial charge in [0, 0.05) is 37.1 Å². The van der Waals surface area contributed by atoms with Gasteiger partial charge in [-0.15, -0.1) is 11.3 Å². The fraction of sp³-hybridized carbons (Fsp3) is 0.727. The number of hydrogen-bond acceptors (Lipinski definition) is 4. The maximum atomic E-state index is 8.82. The minimum absolute atomic E-state index is 0.230. The Morgan fingerprint density at radius 3 is 3.20 bits per heavy atom. The van der Waals surface area contributed by atoms with E-state index < -0.39 is 0 Å². The largest absolute Gasteiger partial charge is 0.396 e. The van der Waals surface area contributed by atoms with E-state index in [1.54, 1.807) is 11.3 Å². The molecule has 1 saturated heterocycles. The first-order valence-electron chi connectivity index (χ1n) is 5.51. The molecule has 0 amide bonds. The summed E-state index contributed by atoms with van der Waals surface area (Å²) < 4.78 is 0. The summed E-state index contributed by atoms with van der Waals surface area (Å²) in [5, 5.41) is 10.1. The first-order chi connectivity index (χ1) is 7.28. The normalized spacial score (nSPS) is 22.4. The van der Waals surface area contributed by atoms with Gasteiger partial charge in [-0.3, -0.25) is 0 Å².